The third kappa shape index (κ3) is 4.73. The van der Waals surface area contributed by atoms with E-state index in [9.17, 15) is 4.79 Å². The van der Waals surface area contributed by atoms with E-state index in [-0.39, 0.29) is 12.5 Å². The predicted octanol–water partition coefficient (Wildman–Crippen LogP) is 3.69. The molecule has 0 aliphatic heterocycles. The fourth-order valence-electron chi connectivity index (χ4n) is 1.81. The highest BCUT2D eigenvalue weighted by molar-refractivity contribution is 9.10. The van der Waals surface area contributed by atoms with Crippen LogP contribution in [0.3, 0.4) is 0 Å². The molecular formula is C16H17BrN2O3. The van der Waals surface area contributed by atoms with Gasteiger partial charge in [-0.2, -0.15) is 5.10 Å². The van der Waals surface area contributed by atoms with Gasteiger partial charge in [-0.1, -0.05) is 29.8 Å². The molecule has 0 saturated heterocycles. The Labute approximate surface area is 137 Å². The van der Waals surface area contributed by atoms with E-state index in [4.69, 9.17) is 9.15 Å². The summed E-state index contributed by atoms with van der Waals surface area (Å²) in [7, 11) is 0. The summed E-state index contributed by atoms with van der Waals surface area (Å²) in [4.78, 5) is 11.7. The number of halogens is 1. The Morgan fingerprint density at radius 2 is 2.27 bits per heavy atom. The molecule has 0 aliphatic rings. The number of nitrogens with one attached hydrogen (secondary N) is 1. The summed E-state index contributed by atoms with van der Waals surface area (Å²) in [6, 6.07) is 9.20. The van der Waals surface area contributed by atoms with Crippen LogP contribution in [0.4, 0.5) is 0 Å². The first kappa shape index (κ1) is 16.3. The topological polar surface area (TPSA) is 63.8 Å². The number of carbonyl (C=O) groups excluding carboxylic acids is 1. The van der Waals surface area contributed by atoms with Crippen LogP contribution in [-0.2, 0) is 4.79 Å². The molecule has 5 nitrogen and oxygen atoms in total. The average Bonchev–Trinajstić information content (AvgIpc) is 2.99. The van der Waals surface area contributed by atoms with Gasteiger partial charge >= 0.3 is 0 Å². The minimum atomic E-state index is -0.333. The van der Waals surface area contributed by atoms with Crippen molar-refractivity contribution in [1.29, 1.82) is 0 Å². The maximum atomic E-state index is 11.7. The second kappa shape index (κ2) is 7.79. The zero-order valence-corrected chi connectivity index (χ0v) is 14.0. The van der Waals surface area contributed by atoms with Crippen LogP contribution in [0.15, 0.2) is 50.6 Å². The summed E-state index contributed by atoms with van der Waals surface area (Å²) in [6.07, 6.45) is 2.96. The molecule has 1 N–H and O–H groups in total. The number of ether oxygens (including phenoxy) is 1. The van der Waals surface area contributed by atoms with Gasteiger partial charge in [0.2, 0.25) is 0 Å². The zero-order chi connectivity index (χ0) is 15.9. The summed E-state index contributed by atoms with van der Waals surface area (Å²) < 4.78 is 11.6. The highest BCUT2D eigenvalue weighted by atomic mass is 79.9. The van der Waals surface area contributed by atoms with Crippen LogP contribution in [0.5, 0.6) is 5.75 Å². The number of amides is 1. The van der Waals surface area contributed by atoms with Crippen LogP contribution < -0.4 is 10.2 Å². The van der Waals surface area contributed by atoms with Gasteiger partial charge in [-0.3, -0.25) is 4.79 Å². The molecular weight excluding hydrogens is 348 g/mol. The highest BCUT2D eigenvalue weighted by Gasteiger charge is 2.10. The van der Waals surface area contributed by atoms with Crippen LogP contribution in [0.2, 0.25) is 0 Å². The second-order valence-electron chi connectivity index (χ2n) is 4.93. The van der Waals surface area contributed by atoms with Crippen molar-refractivity contribution in [2.45, 2.75) is 19.8 Å². The fraction of sp³-hybridized carbons (Fsp3) is 0.250. The van der Waals surface area contributed by atoms with Gasteiger partial charge in [-0.25, -0.2) is 5.43 Å². The van der Waals surface area contributed by atoms with Crippen molar-refractivity contribution in [1.82, 2.24) is 5.43 Å². The second-order valence-corrected chi connectivity index (χ2v) is 5.85. The maximum absolute atomic E-state index is 11.7. The largest absolute Gasteiger partial charge is 0.483 e. The number of benzene rings is 1. The Morgan fingerprint density at radius 1 is 1.45 bits per heavy atom. The molecule has 0 aliphatic carbocycles. The van der Waals surface area contributed by atoms with Crippen LogP contribution in [0.1, 0.15) is 31.1 Å². The van der Waals surface area contributed by atoms with Crippen LogP contribution >= 0.6 is 15.9 Å². The monoisotopic (exact) mass is 364 g/mol. The lowest BCUT2D eigenvalue weighted by Gasteiger charge is -2.13. The van der Waals surface area contributed by atoms with Gasteiger partial charge in [0.15, 0.2) is 6.61 Å². The zero-order valence-electron chi connectivity index (χ0n) is 12.4. The SMILES string of the molecule is CC(C)c1cc(Br)ccc1OCC(=O)N/N=C/c1ccco1. The van der Waals surface area contributed by atoms with Gasteiger partial charge in [-0.05, 0) is 41.8 Å². The molecule has 1 aromatic carbocycles. The van der Waals surface area contributed by atoms with E-state index in [2.05, 4.69) is 40.3 Å². The van der Waals surface area contributed by atoms with Crippen molar-refractivity contribution in [3.8, 4) is 5.75 Å². The number of hydrogen-bond donors (Lipinski definition) is 1. The van der Waals surface area contributed by atoms with Gasteiger partial charge in [0.25, 0.3) is 5.91 Å². The first-order valence-corrected chi connectivity index (χ1v) is 7.63. The molecule has 1 amide bonds. The van der Waals surface area contributed by atoms with Crippen molar-refractivity contribution in [3.05, 3.63) is 52.4 Å². The molecule has 1 heterocycles. The molecule has 116 valence electrons. The van der Waals surface area contributed by atoms with E-state index in [1.807, 2.05) is 18.2 Å². The molecule has 0 fully saturated rings. The summed E-state index contributed by atoms with van der Waals surface area (Å²) in [6.45, 7) is 4.04. The third-order valence-corrected chi connectivity index (χ3v) is 3.37. The average molecular weight is 365 g/mol. The van der Waals surface area contributed by atoms with Crippen molar-refractivity contribution in [3.63, 3.8) is 0 Å². The quantitative estimate of drug-likeness (QED) is 0.627. The third-order valence-electron chi connectivity index (χ3n) is 2.88. The van der Waals surface area contributed by atoms with E-state index in [0.717, 1.165) is 10.0 Å². The molecule has 0 spiro atoms. The lowest BCUT2D eigenvalue weighted by Crippen LogP contribution is -2.24. The van der Waals surface area contributed by atoms with E-state index in [0.29, 0.717) is 17.4 Å². The molecule has 1 aromatic heterocycles. The predicted molar refractivity (Wildman–Crippen MR) is 88.2 cm³/mol. The number of nitrogens with zero attached hydrogens (tertiary/aromatic N) is 1. The van der Waals surface area contributed by atoms with Crippen molar-refractivity contribution >= 4 is 28.1 Å². The van der Waals surface area contributed by atoms with Crippen LogP contribution in [0, 0.1) is 0 Å². The van der Waals surface area contributed by atoms with Crippen LogP contribution in [0.25, 0.3) is 0 Å². The van der Waals surface area contributed by atoms with Crippen molar-refractivity contribution < 1.29 is 13.9 Å². The Bertz CT molecular complexity index is 651. The Balaban J connectivity index is 1.88. The molecule has 0 unspecified atom stereocenters. The standard InChI is InChI=1S/C16H17BrN2O3/c1-11(2)14-8-12(17)5-6-15(14)22-10-16(20)19-18-9-13-4-3-7-21-13/h3-9,11H,10H2,1-2H3,(H,19,20)/b18-9+. The minimum Gasteiger partial charge on any atom is -0.483 e. The summed E-state index contributed by atoms with van der Waals surface area (Å²) in [5, 5.41) is 3.79. The maximum Gasteiger partial charge on any atom is 0.277 e. The Hall–Kier alpha value is -2.08. The van der Waals surface area contributed by atoms with Gasteiger partial charge in [0.05, 0.1) is 12.5 Å². The first-order valence-electron chi connectivity index (χ1n) is 6.84. The van der Waals surface area contributed by atoms with E-state index < -0.39 is 0 Å². The van der Waals surface area contributed by atoms with Crippen molar-refractivity contribution in [2.75, 3.05) is 6.61 Å². The number of hydrogen-bond acceptors (Lipinski definition) is 4. The highest BCUT2D eigenvalue weighted by Crippen LogP contribution is 2.29. The molecule has 0 saturated carbocycles. The van der Waals surface area contributed by atoms with Gasteiger partial charge < -0.3 is 9.15 Å². The Morgan fingerprint density at radius 3 is 2.95 bits per heavy atom. The van der Waals surface area contributed by atoms with E-state index >= 15 is 0 Å². The molecule has 2 aromatic rings. The smallest absolute Gasteiger partial charge is 0.277 e. The minimum absolute atomic E-state index is 0.100. The summed E-state index contributed by atoms with van der Waals surface area (Å²) in [5.74, 6) is 1.23. The molecule has 0 radical (unpaired) electrons. The van der Waals surface area contributed by atoms with Crippen molar-refractivity contribution in [2.24, 2.45) is 5.10 Å². The summed E-state index contributed by atoms with van der Waals surface area (Å²) in [5.41, 5.74) is 3.43. The number of rotatable bonds is 6. The number of furan rings is 1. The van der Waals surface area contributed by atoms with Gasteiger partial charge in [-0.15, -0.1) is 0 Å². The fourth-order valence-corrected chi connectivity index (χ4v) is 2.19. The molecule has 0 atom stereocenters. The van der Waals surface area contributed by atoms with Gasteiger partial charge in [0, 0.05) is 4.47 Å². The van der Waals surface area contributed by atoms with E-state index in [1.165, 1.54) is 12.5 Å². The normalized spacial score (nSPS) is 11.1. The Kier molecular flexibility index (Phi) is 5.77. The number of carbonyl (C=O) groups is 1. The van der Waals surface area contributed by atoms with Crippen LogP contribution in [-0.4, -0.2) is 18.7 Å². The lowest BCUT2D eigenvalue weighted by atomic mass is 10.0. The number of hydrazone groups is 1. The van der Waals surface area contributed by atoms with E-state index in [1.54, 1.807) is 12.1 Å². The molecule has 22 heavy (non-hydrogen) atoms. The lowest BCUT2D eigenvalue weighted by molar-refractivity contribution is -0.123. The molecule has 2 rings (SSSR count). The first-order chi connectivity index (χ1) is 10.6. The molecule has 0 bridgehead atoms. The summed E-state index contributed by atoms with van der Waals surface area (Å²) >= 11 is 3.43. The molecule has 6 heteroatoms. The van der Waals surface area contributed by atoms with Gasteiger partial charge in [0.1, 0.15) is 11.5 Å².